The molecule has 0 bridgehead atoms. The molecule has 0 saturated heterocycles. The van der Waals surface area contributed by atoms with Crippen molar-refractivity contribution in [1.82, 2.24) is 0 Å². The Bertz CT molecular complexity index is 986. The maximum atomic E-state index is 5.91. The molecule has 2 aromatic rings. The summed E-state index contributed by atoms with van der Waals surface area (Å²) in [6.07, 6.45) is 10.6. The van der Waals surface area contributed by atoms with Gasteiger partial charge >= 0.3 is 0 Å². The molecule has 0 saturated carbocycles. The highest BCUT2D eigenvalue weighted by molar-refractivity contribution is 5.72. The molecule has 0 aromatic heterocycles. The van der Waals surface area contributed by atoms with Crippen molar-refractivity contribution in [2.75, 3.05) is 66.1 Å². The molecule has 2 rings (SSSR count). The van der Waals surface area contributed by atoms with E-state index in [4.69, 9.17) is 28.4 Å². The normalized spacial score (nSPS) is 10.5. The van der Waals surface area contributed by atoms with Gasteiger partial charge in [-0.05, 0) is 35.4 Å². The van der Waals surface area contributed by atoms with Crippen LogP contribution in [0.3, 0.4) is 0 Å². The Kier molecular flexibility index (Phi) is 15.8. The zero-order valence-corrected chi connectivity index (χ0v) is 23.5. The van der Waals surface area contributed by atoms with Gasteiger partial charge in [-0.3, -0.25) is 0 Å². The van der Waals surface area contributed by atoms with Gasteiger partial charge < -0.3 is 28.4 Å². The summed E-state index contributed by atoms with van der Waals surface area (Å²) in [7, 11) is 0. The van der Waals surface area contributed by atoms with Crippen molar-refractivity contribution in [2.45, 2.75) is 0 Å². The number of hydrogen-bond donors (Lipinski definition) is 0. The molecule has 0 aliphatic heterocycles. The van der Waals surface area contributed by atoms with E-state index in [1.54, 1.807) is 36.5 Å². The minimum absolute atomic E-state index is 0.412. The molecular formula is C34H42O6. The Balaban J connectivity index is 1.48. The maximum Gasteiger partial charge on any atom is 0.133 e. The van der Waals surface area contributed by atoms with E-state index in [0.29, 0.717) is 66.1 Å². The smallest absolute Gasteiger partial charge is 0.133 e. The van der Waals surface area contributed by atoms with Crippen molar-refractivity contribution < 1.29 is 28.4 Å². The highest BCUT2D eigenvalue weighted by Gasteiger charge is 2.09. The van der Waals surface area contributed by atoms with Crippen LogP contribution in [0.2, 0.25) is 0 Å². The summed E-state index contributed by atoms with van der Waals surface area (Å²) in [4.78, 5) is 0. The van der Waals surface area contributed by atoms with Crippen LogP contribution < -0.4 is 9.47 Å². The summed E-state index contributed by atoms with van der Waals surface area (Å²) >= 11 is 0. The molecule has 2 aromatic carbocycles. The first-order chi connectivity index (χ1) is 19.6. The second-order valence-corrected chi connectivity index (χ2v) is 8.43. The van der Waals surface area contributed by atoms with Crippen LogP contribution in [0.4, 0.5) is 0 Å². The number of rotatable bonds is 23. The zero-order chi connectivity index (χ0) is 29.0. The third-order valence-corrected chi connectivity index (χ3v) is 5.75. The molecule has 0 amide bonds. The quantitative estimate of drug-likeness (QED) is 0.139. The predicted octanol–water partition coefficient (Wildman–Crippen LogP) is 7.07. The van der Waals surface area contributed by atoms with Crippen LogP contribution >= 0.6 is 0 Å². The number of benzene rings is 2. The summed E-state index contributed by atoms with van der Waals surface area (Å²) in [6.45, 7) is 27.7. The fraction of sp³-hybridized carbons (Fsp3) is 0.294. The second kappa shape index (κ2) is 19.4. The Morgan fingerprint density at radius 1 is 0.375 bits per heavy atom. The van der Waals surface area contributed by atoms with Gasteiger partial charge in [0.2, 0.25) is 0 Å². The Hall–Kier alpha value is -3.68. The molecule has 0 spiro atoms. The number of ether oxygens (including phenoxy) is 6. The SMILES string of the molecule is C=Cc1cc(C=C)c(OCCOCCOCCOCCOCCOc2c(C=C)cc(C=C)cc2C=C)c(C=C)c1. The van der Waals surface area contributed by atoms with Gasteiger partial charge in [-0.15, -0.1) is 0 Å². The highest BCUT2D eigenvalue weighted by atomic mass is 16.6. The lowest BCUT2D eigenvalue weighted by Crippen LogP contribution is -2.15. The highest BCUT2D eigenvalue weighted by Crippen LogP contribution is 2.29. The molecule has 0 radical (unpaired) electrons. The van der Waals surface area contributed by atoms with E-state index in [1.807, 2.05) is 24.3 Å². The Labute approximate surface area is 239 Å². The van der Waals surface area contributed by atoms with Crippen LogP contribution in [0.25, 0.3) is 36.5 Å². The largest absolute Gasteiger partial charge is 0.490 e. The van der Waals surface area contributed by atoms with Crippen LogP contribution in [0.5, 0.6) is 11.5 Å². The lowest BCUT2D eigenvalue weighted by Gasteiger charge is -2.14. The van der Waals surface area contributed by atoms with Gasteiger partial charge in [0, 0.05) is 22.3 Å². The lowest BCUT2D eigenvalue weighted by atomic mass is 10.0. The Morgan fingerprint density at radius 2 is 0.625 bits per heavy atom. The van der Waals surface area contributed by atoms with E-state index in [9.17, 15) is 0 Å². The van der Waals surface area contributed by atoms with Crippen LogP contribution in [0.15, 0.2) is 63.7 Å². The molecule has 40 heavy (non-hydrogen) atoms. The van der Waals surface area contributed by atoms with E-state index in [1.165, 1.54) is 0 Å². The van der Waals surface area contributed by atoms with Gasteiger partial charge in [-0.25, -0.2) is 0 Å². The van der Waals surface area contributed by atoms with Crippen molar-refractivity contribution in [1.29, 1.82) is 0 Å². The third kappa shape index (κ3) is 10.8. The number of hydrogen-bond acceptors (Lipinski definition) is 6. The first kappa shape index (κ1) is 32.5. The molecule has 6 heteroatoms. The summed E-state index contributed by atoms with van der Waals surface area (Å²) in [5, 5.41) is 0. The van der Waals surface area contributed by atoms with E-state index >= 15 is 0 Å². The molecule has 0 fully saturated rings. The minimum atomic E-state index is 0.412. The van der Waals surface area contributed by atoms with Crippen molar-refractivity contribution in [3.05, 3.63) is 97.1 Å². The summed E-state index contributed by atoms with van der Waals surface area (Å²) in [6, 6.07) is 7.90. The van der Waals surface area contributed by atoms with Gasteiger partial charge in [0.25, 0.3) is 0 Å². The van der Waals surface area contributed by atoms with Crippen molar-refractivity contribution in [3.8, 4) is 11.5 Å². The van der Waals surface area contributed by atoms with Crippen molar-refractivity contribution in [3.63, 3.8) is 0 Å². The van der Waals surface area contributed by atoms with Gasteiger partial charge in [-0.2, -0.15) is 0 Å². The van der Waals surface area contributed by atoms with Crippen molar-refractivity contribution >= 4 is 36.5 Å². The third-order valence-electron chi connectivity index (χ3n) is 5.75. The molecule has 214 valence electrons. The molecule has 0 heterocycles. The van der Waals surface area contributed by atoms with Gasteiger partial charge in [-0.1, -0.05) is 75.9 Å². The summed E-state index contributed by atoms with van der Waals surface area (Å²) in [5.74, 6) is 1.48. The molecule has 0 atom stereocenters. The van der Waals surface area contributed by atoms with E-state index < -0.39 is 0 Å². The lowest BCUT2D eigenvalue weighted by molar-refractivity contribution is -0.00700. The topological polar surface area (TPSA) is 55.4 Å². The van der Waals surface area contributed by atoms with Crippen LogP contribution in [0, 0.1) is 0 Å². The first-order valence-corrected chi connectivity index (χ1v) is 13.3. The first-order valence-electron chi connectivity index (χ1n) is 13.3. The Morgan fingerprint density at radius 3 is 0.850 bits per heavy atom. The van der Waals surface area contributed by atoms with E-state index in [-0.39, 0.29) is 0 Å². The molecule has 6 nitrogen and oxygen atoms in total. The van der Waals surface area contributed by atoms with Crippen LogP contribution in [0.1, 0.15) is 33.4 Å². The van der Waals surface area contributed by atoms with E-state index in [0.717, 1.165) is 44.9 Å². The van der Waals surface area contributed by atoms with E-state index in [2.05, 4.69) is 39.5 Å². The predicted molar refractivity (Wildman–Crippen MR) is 168 cm³/mol. The standard InChI is InChI=1S/C34H42O6/c1-7-27-23-29(9-3)33(30(10-4)24-27)39-21-19-37-17-15-35-13-14-36-16-18-38-20-22-40-34-31(11-5)25-28(8-2)26-32(34)12-6/h7-12,23-26H,1-6,13-22H2. The second-order valence-electron chi connectivity index (χ2n) is 8.43. The molecule has 0 aliphatic carbocycles. The fourth-order valence-electron chi connectivity index (χ4n) is 3.74. The summed E-state index contributed by atoms with van der Waals surface area (Å²) < 4.78 is 34.1. The van der Waals surface area contributed by atoms with Gasteiger partial charge in [0.15, 0.2) is 0 Å². The molecule has 0 aliphatic rings. The monoisotopic (exact) mass is 546 g/mol. The fourth-order valence-corrected chi connectivity index (χ4v) is 3.74. The zero-order valence-electron chi connectivity index (χ0n) is 23.5. The maximum absolute atomic E-state index is 5.91. The average Bonchev–Trinajstić information content (AvgIpc) is 2.99. The van der Waals surface area contributed by atoms with Gasteiger partial charge in [0.05, 0.1) is 52.9 Å². The van der Waals surface area contributed by atoms with Gasteiger partial charge in [0.1, 0.15) is 24.7 Å². The minimum Gasteiger partial charge on any atom is -0.490 e. The van der Waals surface area contributed by atoms with Crippen LogP contribution in [-0.2, 0) is 18.9 Å². The van der Waals surface area contributed by atoms with Crippen molar-refractivity contribution in [2.24, 2.45) is 0 Å². The molecular weight excluding hydrogens is 504 g/mol. The average molecular weight is 547 g/mol. The summed E-state index contributed by atoms with van der Waals surface area (Å²) in [5.41, 5.74) is 5.57. The molecule has 0 N–H and O–H groups in total. The molecule has 0 unspecified atom stereocenters. The van der Waals surface area contributed by atoms with Crippen LogP contribution in [-0.4, -0.2) is 66.1 Å².